The molecule has 0 spiro atoms. The molecule has 0 bridgehead atoms. The van der Waals surface area contributed by atoms with Gasteiger partial charge in [-0.2, -0.15) is 0 Å². The zero-order chi connectivity index (χ0) is 13.5. The molecule has 3 nitrogen and oxygen atoms in total. The van der Waals surface area contributed by atoms with Crippen LogP contribution in [-0.2, 0) is 11.2 Å². The van der Waals surface area contributed by atoms with Gasteiger partial charge in [-0.05, 0) is 31.0 Å². The molecule has 5 heteroatoms. The summed E-state index contributed by atoms with van der Waals surface area (Å²) >= 11 is 11.7. The van der Waals surface area contributed by atoms with Gasteiger partial charge < -0.3 is 10.0 Å². The molecule has 0 saturated heterocycles. The van der Waals surface area contributed by atoms with Crippen molar-refractivity contribution < 1.29 is 9.90 Å². The average Bonchev–Trinajstić information content (AvgIpc) is 2.35. The fourth-order valence-corrected chi connectivity index (χ4v) is 1.98. The number of hydrogen-bond acceptors (Lipinski definition) is 2. The number of halogens is 2. The highest BCUT2D eigenvalue weighted by Gasteiger charge is 2.12. The summed E-state index contributed by atoms with van der Waals surface area (Å²) in [4.78, 5) is 13.7. The van der Waals surface area contributed by atoms with E-state index in [2.05, 4.69) is 0 Å². The Morgan fingerprint density at radius 3 is 2.61 bits per heavy atom. The number of aliphatic hydroxyl groups is 1. The van der Waals surface area contributed by atoms with E-state index in [1.165, 1.54) is 0 Å². The molecule has 0 fully saturated rings. The van der Waals surface area contributed by atoms with E-state index in [9.17, 15) is 4.79 Å². The van der Waals surface area contributed by atoms with E-state index < -0.39 is 0 Å². The maximum absolute atomic E-state index is 12.0. The molecular weight excluding hydrogens is 273 g/mol. The summed E-state index contributed by atoms with van der Waals surface area (Å²) in [6.45, 7) is 3.23. The van der Waals surface area contributed by atoms with Crippen LogP contribution in [0.5, 0.6) is 0 Å². The van der Waals surface area contributed by atoms with Crippen molar-refractivity contribution in [3.8, 4) is 0 Å². The van der Waals surface area contributed by atoms with Crippen molar-refractivity contribution in [2.24, 2.45) is 0 Å². The van der Waals surface area contributed by atoms with Gasteiger partial charge >= 0.3 is 0 Å². The highest BCUT2D eigenvalue weighted by Crippen LogP contribution is 2.23. The first-order valence-corrected chi connectivity index (χ1v) is 6.66. The number of benzene rings is 1. The van der Waals surface area contributed by atoms with E-state index in [4.69, 9.17) is 28.3 Å². The molecule has 1 aromatic rings. The van der Waals surface area contributed by atoms with Crippen LogP contribution in [0.15, 0.2) is 18.2 Å². The second-order valence-electron chi connectivity index (χ2n) is 3.98. The highest BCUT2D eigenvalue weighted by molar-refractivity contribution is 6.42. The molecule has 0 atom stereocenters. The number of aliphatic hydroxyl groups excluding tert-OH is 1. The van der Waals surface area contributed by atoms with Crippen LogP contribution in [-0.4, -0.2) is 35.6 Å². The molecule has 0 saturated carbocycles. The Kier molecular flexibility index (Phi) is 6.47. The Morgan fingerprint density at radius 1 is 1.33 bits per heavy atom. The van der Waals surface area contributed by atoms with Gasteiger partial charge in [-0.3, -0.25) is 4.79 Å². The number of carbonyl (C=O) groups excluding carboxylic acids is 1. The molecule has 1 rings (SSSR count). The predicted octanol–water partition coefficient (Wildman–Crippen LogP) is 2.77. The van der Waals surface area contributed by atoms with E-state index in [0.29, 0.717) is 36.0 Å². The lowest BCUT2D eigenvalue weighted by Gasteiger charge is -2.20. The summed E-state index contributed by atoms with van der Waals surface area (Å²) in [5.74, 6) is 0.0318. The van der Waals surface area contributed by atoms with Crippen molar-refractivity contribution in [3.63, 3.8) is 0 Å². The fraction of sp³-hybridized carbons (Fsp3) is 0.462. The van der Waals surface area contributed by atoms with Gasteiger partial charge in [0.1, 0.15) is 0 Å². The number of hydrogen-bond donors (Lipinski definition) is 1. The summed E-state index contributed by atoms with van der Waals surface area (Å²) in [7, 11) is 0. The minimum Gasteiger partial charge on any atom is -0.396 e. The molecule has 0 aromatic heterocycles. The third kappa shape index (κ3) is 4.48. The van der Waals surface area contributed by atoms with E-state index in [1.54, 1.807) is 23.1 Å². The zero-order valence-electron chi connectivity index (χ0n) is 10.3. The van der Waals surface area contributed by atoms with Gasteiger partial charge in [-0.1, -0.05) is 29.3 Å². The van der Waals surface area contributed by atoms with Crippen molar-refractivity contribution in [2.45, 2.75) is 19.8 Å². The van der Waals surface area contributed by atoms with E-state index in [0.717, 1.165) is 5.56 Å². The van der Waals surface area contributed by atoms with Crippen LogP contribution >= 0.6 is 23.2 Å². The number of rotatable bonds is 6. The summed E-state index contributed by atoms with van der Waals surface area (Å²) in [5, 5.41) is 9.72. The SMILES string of the molecule is CCN(CCCO)C(=O)Cc1ccc(Cl)c(Cl)c1. The van der Waals surface area contributed by atoms with Crippen LogP contribution in [0.3, 0.4) is 0 Å². The molecule has 100 valence electrons. The molecule has 1 amide bonds. The number of nitrogens with zero attached hydrogens (tertiary/aromatic N) is 1. The van der Waals surface area contributed by atoms with Gasteiger partial charge in [0.15, 0.2) is 0 Å². The van der Waals surface area contributed by atoms with Crippen LogP contribution < -0.4 is 0 Å². The Morgan fingerprint density at radius 2 is 2.06 bits per heavy atom. The lowest BCUT2D eigenvalue weighted by molar-refractivity contribution is -0.130. The van der Waals surface area contributed by atoms with Gasteiger partial charge in [0.05, 0.1) is 16.5 Å². The Hall–Kier alpha value is -0.770. The quantitative estimate of drug-likeness (QED) is 0.875. The third-order valence-corrected chi connectivity index (χ3v) is 3.40. The van der Waals surface area contributed by atoms with Crippen LogP contribution in [0.4, 0.5) is 0 Å². The van der Waals surface area contributed by atoms with Crippen LogP contribution in [0, 0.1) is 0 Å². The van der Waals surface area contributed by atoms with E-state index in [1.807, 2.05) is 6.92 Å². The third-order valence-electron chi connectivity index (χ3n) is 2.66. The summed E-state index contributed by atoms with van der Waals surface area (Å²) in [5.41, 5.74) is 0.844. The first kappa shape index (κ1) is 15.3. The summed E-state index contributed by atoms with van der Waals surface area (Å²) in [6, 6.07) is 5.20. The average molecular weight is 290 g/mol. The van der Waals surface area contributed by atoms with Crippen LogP contribution in [0.25, 0.3) is 0 Å². The molecule has 1 aromatic carbocycles. The standard InChI is InChI=1S/C13H17Cl2NO2/c1-2-16(6-3-7-17)13(18)9-10-4-5-11(14)12(15)8-10/h4-5,8,17H,2-3,6-7,9H2,1H3. The molecule has 0 unspecified atom stereocenters. The lowest BCUT2D eigenvalue weighted by atomic mass is 10.1. The second kappa shape index (κ2) is 7.62. The number of likely N-dealkylation sites (N-methyl/N-ethyl adjacent to an activating group) is 1. The Bertz CT molecular complexity index is 410. The fourth-order valence-electron chi connectivity index (χ4n) is 1.66. The molecule has 0 aliphatic carbocycles. The van der Waals surface area contributed by atoms with Crippen molar-refractivity contribution in [1.82, 2.24) is 4.90 Å². The normalized spacial score (nSPS) is 10.4. The minimum absolute atomic E-state index is 0.0318. The van der Waals surface area contributed by atoms with Crippen molar-refractivity contribution in [1.29, 1.82) is 0 Å². The first-order chi connectivity index (χ1) is 8.58. The van der Waals surface area contributed by atoms with Crippen LogP contribution in [0.1, 0.15) is 18.9 Å². The maximum atomic E-state index is 12.0. The van der Waals surface area contributed by atoms with Crippen molar-refractivity contribution >= 4 is 29.1 Å². The number of amides is 1. The Balaban J connectivity index is 2.64. The highest BCUT2D eigenvalue weighted by atomic mass is 35.5. The first-order valence-electron chi connectivity index (χ1n) is 5.91. The zero-order valence-corrected chi connectivity index (χ0v) is 11.8. The van der Waals surface area contributed by atoms with E-state index in [-0.39, 0.29) is 12.5 Å². The van der Waals surface area contributed by atoms with Gasteiger partial charge in [-0.25, -0.2) is 0 Å². The molecule has 18 heavy (non-hydrogen) atoms. The van der Waals surface area contributed by atoms with Crippen molar-refractivity contribution in [3.05, 3.63) is 33.8 Å². The van der Waals surface area contributed by atoms with Crippen molar-refractivity contribution in [2.75, 3.05) is 19.7 Å². The lowest BCUT2D eigenvalue weighted by Crippen LogP contribution is -2.33. The summed E-state index contributed by atoms with van der Waals surface area (Å²) in [6.07, 6.45) is 0.900. The maximum Gasteiger partial charge on any atom is 0.226 e. The van der Waals surface area contributed by atoms with Gasteiger partial charge in [0.25, 0.3) is 0 Å². The number of carbonyl (C=O) groups is 1. The molecule has 0 aliphatic heterocycles. The second-order valence-corrected chi connectivity index (χ2v) is 4.79. The Labute approximate surface area is 117 Å². The minimum atomic E-state index is 0.0318. The molecular formula is C13H17Cl2NO2. The van der Waals surface area contributed by atoms with E-state index >= 15 is 0 Å². The largest absolute Gasteiger partial charge is 0.396 e. The molecule has 0 heterocycles. The topological polar surface area (TPSA) is 40.5 Å². The molecule has 0 aliphatic rings. The van der Waals surface area contributed by atoms with Gasteiger partial charge in [0, 0.05) is 19.7 Å². The monoisotopic (exact) mass is 289 g/mol. The summed E-state index contributed by atoms with van der Waals surface area (Å²) < 4.78 is 0. The van der Waals surface area contributed by atoms with Crippen LogP contribution in [0.2, 0.25) is 10.0 Å². The van der Waals surface area contributed by atoms with Gasteiger partial charge in [-0.15, -0.1) is 0 Å². The smallest absolute Gasteiger partial charge is 0.226 e. The molecule has 1 N–H and O–H groups in total. The molecule has 0 radical (unpaired) electrons. The van der Waals surface area contributed by atoms with Gasteiger partial charge in [0.2, 0.25) is 5.91 Å². The predicted molar refractivity (Wildman–Crippen MR) is 74.1 cm³/mol.